The quantitative estimate of drug-likeness (QED) is 0.865. The number of aromatic nitrogens is 3. The van der Waals surface area contributed by atoms with Gasteiger partial charge >= 0.3 is 0 Å². The molecule has 1 aromatic heterocycles. The zero-order valence-electron chi connectivity index (χ0n) is 13.3. The Morgan fingerprint density at radius 3 is 2.48 bits per heavy atom. The molecule has 0 amide bonds. The summed E-state index contributed by atoms with van der Waals surface area (Å²) in [7, 11) is 2.07. The highest BCUT2D eigenvalue weighted by atomic mass is 15.3. The van der Waals surface area contributed by atoms with Gasteiger partial charge in [0.05, 0.1) is 6.54 Å². The monoisotopic (exact) mass is 284 g/mol. The summed E-state index contributed by atoms with van der Waals surface area (Å²) in [5, 5.41) is 8.71. The summed E-state index contributed by atoms with van der Waals surface area (Å²) in [5.41, 5.74) is 1.41. The lowest BCUT2D eigenvalue weighted by molar-refractivity contribution is 0.0132. The van der Waals surface area contributed by atoms with Crippen LogP contribution in [0.4, 0.5) is 0 Å². The number of likely N-dealkylation sites (tertiary alicyclic amines) is 1. The Morgan fingerprint density at radius 1 is 1.19 bits per heavy atom. The van der Waals surface area contributed by atoms with Gasteiger partial charge in [-0.15, -0.1) is 10.2 Å². The molecule has 1 aliphatic heterocycles. The fraction of sp³-hybridized carbons (Fsp3) is 0.529. The van der Waals surface area contributed by atoms with Crippen LogP contribution in [-0.4, -0.2) is 26.2 Å². The lowest BCUT2D eigenvalue weighted by Crippen LogP contribution is -2.48. The average molecular weight is 284 g/mol. The van der Waals surface area contributed by atoms with Gasteiger partial charge in [0.25, 0.3) is 0 Å². The Labute approximate surface area is 126 Å². The minimum absolute atomic E-state index is 0.413. The molecule has 1 saturated heterocycles. The molecule has 0 saturated carbocycles. The second kappa shape index (κ2) is 5.60. The first-order valence-electron chi connectivity index (χ1n) is 7.75. The van der Waals surface area contributed by atoms with E-state index in [1.165, 1.54) is 5.56 Å². The van der Waals surface area contributed by atoms with Crippen molar-refractivity contribution in [2.75, 3.05) is 6.54 Å². The highest BCUT2D eigenvalue weighted by Gasteiger charge is 2.37. The molecule has 0 bridgehead atoms. The van der Waals surface area contributed by atoms with Crippen LogP contribution in [0.5, 0.6) is 0 Å². The Kier molecular flexibility index (Phi) is 3.81. The van der Waals surface area contributed by atoms with Crippen LogP contribution in [0.15, 0.2) is 30.3 Å². The molecule has 3 rings (SSSR count). The molecule has 112 valence electrons. The van der Waals surface area contributed by atoms with Gasteiger partial charge in [0.15, 0.2) is 0 Å². The summed E-state index contributed by atoms with van der Waals surface area (Å²) in [6.45, 7) is 8.65. The lowest BCUT2D eigenvalue weighted by Gasteiger charge is -2.46. The van der Waals surface area contributed by atoms with Gasteiger partial charge < -0.3 is 4.57 Å². The summed E-state index contributed by atoms with van der Waals surface area (Å²) < 4.78 is 2.15. The number of benzene rings is 1. The third-order valence-corrected chi connectivity index (χ3v) is 4.46. The molecule has 0 radical (unpaired) electrons. The maximum atomic E-state index is 4.38. The molecule has 4 nitrogen and oxygen atoms in total. The van der Waals surface area contributed by atoms with Gasteiger partial charge in [-0.05, 0) is 11.5 Å². The summed E-state index contributed by atoms with van der Waals surface area (Å²) >= 11 is 0. The molecule has 2 aromatic rings. The van der Waals surface area contributed by atoms with E-state index in [0.29, 0.717) is 17.9 Å². The van der Waals surface area contributed by atoms with Crippen LogP contribution in [0.1, 0.15) is 49.9 Å². The predicted molar refractivity (Wildman–Crippen MR) is 83.8 cm³/mol. The first-order chi connectivity index (χ1) is 10.1. The van der Waals surface area contributed by atoms with Gasteiger partial charge in [-0.25, -0.2) is 0 Å². The summed E-state index contributed by atoms with van der Waals surface area (Å²) in [6, 6.07) is 11.3. The van der Waals surface area contributed by atoms with Crippen molar-refractivity contribution in [2.24, 2.45) is 13.0 Å². The SMILES string of the molecule is CC(C)c1nnc(CN2C[C@@H](C)[C@H]2c2ccccc2)n1C. The van der Waals surface area contributed by atoms with Crippen molar-refractivity contribution in [3.05, 3.63) is 47.5 Å². The van der Waals surface area contributed by atoms with E-state index in [1.54, 1.807) is 0 Å². The van der Waals surface area contributed by atoms with E-state index in [0.717, 1.165) is 24.7 Å². The third-order valence-electron chi connectivity index (χ3n) is 4.46. The smallest absolute Gasteiger partial charge is 0.146 e. The maximum absolute atomic E-state index is 4.38. The van der Waals surface area contributed by atoms with E-state index in [1.807, 2.05) is 0 Å². The topological polar surface area (TPSA) is 34.0 Å². The van der Waals surface area contributed by atoms with Crippen molar-refractivity contribution in [1.29, 1.82) is 0 Å². The van der Waals surface area contributed by atoms with Crippen molar-refractivity contribution in [1.82, 2.24) is 19.7 Å². The maximum Gasteiger partial charge on any atom is 0.146 e. The predicted octanol–water partition coefficient (Wildman–Crippen LogP) is 3.13. The van der Waals surface area contributed by atoms with Crippen molar-refractivity contribution in [3.63, 3.8) is 0 Å². The van der Waals surface area contributed by atoms with Crippen molar-refractivity contribution in [2.45, 2.75) is 39.3 Å². The van der Waals surface area contributed by atoms with E-state index < -0.39 is 0 Å². The largest absolute Gasteiger partial charge is 0.317 e. The molecular weight excluding hydrogens is 260 g/mol. The van der Waals surface area contributed by atoms with Crippen molar-refractivity contribution in [3.8, 4) is 0 Å². The summed E-state index contributed by atoms with van der Waals surface area (Å²) in [4.78, 5) is 2.49. The first kappa shape index (κ1) is 14.3. The van der Waals surface area contributed by atoms with Crippen LogP contribution in [0.25, 0.3) is 0 Å². The second-order valence-electron chi connectivity index (χ2n) is 6.45. The van der Waals surface area contributed by atoms with Crippen LogP contribution >= 0.6 is 0 Å². The van der Waals surface area contributed by atoms with E-state index in [-0.39, 0.29) is 0 Å². The minimum Gasteiger partial charge on any atom is -0.317 e. The second-order valence-corrected chi connectivity index (χ2v) is 6.45. The highest BCUT2D eigenvalue weighted by Crippen LogP contribution is 2.39. The van der Waals surface area contributed by atoms with Crippen LogP contribution in [0.2, 0.25) is 0 Å². The van der Waals surface area contributed by atoms with Gasteiger partial charge in [0, 0.05) is 25.6 Å². The van der Waals surface area contributed by atoms with Crippen molar-refractivity contribution < 1.29 is 0 Å². The zero-order chi connectivity index (χ0) is 15.0. The van der Waals surface area contributed by atoms with Gasteiger partial charge in [0.1, 0.15) is 11.6 Å². The molecule has 2 heterocycles. The molecule has 0 spiro atoms. The first-order valence-corrected chi connectivity index (χ1v) is 7.75. The van der Waals surface area contributed by atoms with Gasteiger partial charge in [-0.3, -0.25) is 4.90 Å². The van der Waals surface area contributed by atoms with Crippen LogP contribution < -0.4 is 0 Å². The molecule has 21 heavy (non-hydrogen) atoms. The highest BCUT2D eigenvalue weighted by molar-refractivity contribution is 5.22. The minimum atomic E-state index is 0.413. The standard InChI is InChI=1S/C17H24N4/c1-12(2)17-19-18-15(20(17)4)11-21-10-13(3)16(21)14-8-6-5-7-9-14/h5-9,12-13,16H,10-11H2,1-4H3/t13-,16+/m1/s1. The van der Waals surface area contributed by atoms with Crippen LogP contribution in [0, 0.1) is 5.92 Å². The third kappa shape index (κ3) is 2.60. The molecule has 0 N–H and O–H groups in total. The zero-order valence-corrected chi connectivity index (χ0v) is 13.3. The molecule has 0 aliphatic carbocycles. The fourth-order valence-corrected chi connectivity index (χ4v) is 3.36. The molecular formula is C17H24N4. The average Bonchev–Trinajstić information content (AvgIpc) is 2.81. The molecule has 4 heteroatoms. The van der Waals surface area contributed by atoms with E-state index >= 15 is 0 Å². The Balaban J connectivity index is 1.77. The molecule has 1 fully saturated rings. The fourth-order valence-electron chi connectivity index (χ4n) is 3.36. The van der Waals surface area contributed by atoms with Crippen LogP contribution in [0.3, 0.4) is 0 Å². The number of hydrogen-bond donors (Lipinski definition) is 0. The Bertz CT molecular complexity index is 603. The Hall–Kier alpha value is -1.68. The lowest BCUT2D eigenvalue weighted by atomic mass is 9.85. The van der Waals surface area contributed by atoms with E-state index in [9.17, 15) is 0 Å². The van der Waals surface area contributed by atoms with Crippen molar-refractivity contribution >= 4 is 0 Å². The van der Waals surface area contributed by atoms with Gasteiger partial charge in [0.2, 0.25) is 0 Å². The summed E-state index contributed by atoms with van der Waals surface area (Å²) in [5.74, 6) is 3.24. The van der Waals surface area contributed by atoms with E-state index in [2.05, 4.69) is 77.8 Å². The van der Waals surface area contributed by atoms with E-state index in [4.69, 9.17) is 0 Å². The molecule has 2 atom stereocenters. The number of nitrogens with zero attached hydrogens (tertiary/aromatic N) is 4. The molecule has 1 aliphatic rings. The molecule has 1 aromatic carbocycles. The number of rotatable bonds is 4. The normalized spacial score (nSPS) is 22.5. The summed E-state index contributed by atoms with van der Waals surface area (Å²) in [6.07, 6.45) is 0. The number of hydrogen-bond acceptors (Lipinski definition) is 3. The van der Waals surface area contributed by atoms with Gasteiger partial charge in [-0.2, -0.15) is 0 Å². The van der Waals surface area contributed by atoms with Gasteiger partial charge in [-0.1, -0.05) is 51.1 Å². The van der Waals surface area contributed by atoms with Crippen LogP contribution in [-0.2, 0) is 13.6 Å². The molecule has 0 unspecified atom stereocenters. The Morgan fingerprint density at radius 2 is 1.90 bits per heavy atom.